The number of amides is 1. The van der Waals surface area contributed by atoms with E-state index in [1.165, 1.54) is 30.5 Å². The van der Waals surface area contributed by atoms with Gasteiger partial charge in [-0.25, -0.2) is 9.37 Å². The highest BCUT2D eigenvalue weighted by Crippen LogP contribution is 2.18. The lowest BCUT2D eigenvalue weighted by Gasteiger charge is -2.09. The molecule has 0 bridgehead atoms. The fourth-order valence-electron chi connectivity index (χ4n) is 1.90. The van der Waals surface area contributed by atoms with Crippen molar-refractivity contribution < 1.29 is 31.8 Å². The van der Waals surface area contributed by atoms with Gasteiger partial charge in [0, 0.05) is 12.5 Å². The van der Waals surface area contributed by atoms with Crippen LogP contribution in [0.3, 0.4) is 0 Å². The van der Waals surface area contributed by atoms with Gasteiger partial charge in [0.05, 0.1) is 18.5 Å². The number of rotatable bonds is 8. The van der Waals surface area contributed by atoms with Gasteiger partial charge < -0.3 is 14.8 Å². The maximum atomic E-state index is 13.3. The first-order valence-corrected chi connectivity index (χ1v) is 7.66. The Morgan fingerprint density at radius 3 is 2.54 bits per heavy atom. The van der Waals surface area contributed by atoms with E-state index in [0.717, 1.165) is 0 Å². The second-order valence-electron chi connectivity index (χ2n) is 5.22. The summed E-state index contributed by atoms with van der Waals surface area (Å²) in [7, 11) is 0. The fourth-order valence-corrected chi connectivity index (χ4v) is 1.90. The second kappa shape index (κ2) is 9.02. The molecule has 1 heterocycles. The molecule has 2 aromatic rings. The molecule has 5 nitrogen and oxygen atoms in total. The molecule has 0 aliphatic carbocycles. The van der Waals surface area contributed by atoms with Crippen LogP contribution in [0.4, 0.5) is 23.2 Å². The molecule has 0 spiro atoms. The van der Waals surface area contributed by atoms with Crippen molar-refractivity contribution in [3.05, 3.63) is 48.4 Å². The van der Waals surface area contributed by atoms with E-state index in [2.05, 4.69) is 15.0 Å². The lowest BCUT2D eigenvalue weighted by atomic mass is 10.3. The number of hydrogen-bond acceptors (Lipinski definition) is 4. The van der Waals surface area contributed by atoms with Crippen LogP contribution in [0, 0.1) is 5.82 Å². The molecule has 0 saturated carbocycles. The summed E-state index contributed by atoms with van der Waals surface area (Å²) in [6, 6.07) is 8.55. The van der Waals surface area contributed by atoms with E-state index < -0.39 is 18.6 Å². The number of ether oxygens (including phenoxy) is 2. The summed E-state index contributed by atoms with van der Waals surface area (Å²) in [6.07, 6.45) is -2.76. The van der Waals surface area contributed by atoms with Crippen molar-refractivity contribution in [2.75, 3.05) is 18.5 Å². The summed E-state index contributed by atoms with van der Waals surface area (Å²) in [5, 5.41) is 2.54. The minimum Gasteiger partial charge on any atom is -0.491 e. The Morgan fingerprint density at radius 1 is 1.12 bits per heavy atom. The van der Waals surface area contributed by atoms with Gasteiger partial charge in [0.2, 0.25) is 11.8 Å². The van der Waals surface area contributed by atoms with E-state index in [4.69, 9.17) is 4.74 Å². The predicted octanol–water partition coefficient (Wildman–Crippen LogP) is 3.96. The maximum Gasteiger partial charge on any atom is 0.422 e. The molecule has 0 saturated heterocycles. The molecule has 2 rings (SSSR count). The van der Waals surface area contributed by atoms with Gasteiger partial charge in [0.25, 0.3) is 0 Å². The molecule has 140 valence electrons. The van der Waals surface area contributed by atoms with Gasteiger partial charge in [-0.1, -0.05) is 12.1 Å². The van der Waals surface area contributed by atoms with E-state index in [9.17, 15) is 22.4 Å². The summed E-state index contributed by atoms with van der Waals surface area (Å²) < 4.78 is 59.1. The Morgan fingerprint density at radius 2 is 1.88 bits per heavy atom. The highest BCUT2D eigenvalue weighted by Gasteiger charge is 2.28. The first kappa shape index (κ1) is 19.5. The van der Waals surface area contributed by atoms with E-state index >= 15 is 0 Å². The number of pyridine rings is 1. The molecule has 0 atom stereocenters. The van der Waals surface area contributed by atoms with Crippen molar-refractivity contribution in [1.82, 2.24) is 4.98 Å². The van der Waals surface area contributed by atoms with Crippen molar-refractivity contribution in [2.45, 2.75) is 19.0 Å². The first-order valence-electron chi connectivity index (χ1n) is 7.66. The van der Waals surface area contributed by atoms with Crippen LogP contribution in [0.5, 0.6) is 11.6 Å². The minimum atomic E-state index is -4.45. The van der Waals surface area contributed by atoms with E-state index in [-0.39, 0.29) is 30.6 Å². The molecule has 0 fully saturated rings. The van der Waals surface area contributed by atoms with E-state index in [1.54, 1.807) is 12.1 Å². The zero-order valence-corrected chi connectivity index (χ0v) is 13.6. The summed E-state index contributed by atoms with van der Waals surface area (Å²) in [6.45, 7) is -1.27. The molecule has 0 aliphatic rings. The van der Waals surface area contributed by atoms with Gasteiger partial charge in [-0.05, 0) is 24.6 Å². The molecular weight excluding hydrogens is 356 g/mol. The van der Waals surface area contributed by atoms with Crippen LogP contribution in [-0.2, 0) is 4.79 Å². The van der Waals surface area contributed by atoms with Crippen LogP contribution in [0.25, 0.3) is 0 Å². The zero-order valence-electron chi connectivity index (χ0n) is 13.6. The van der Waals surface area contributed by atoms with E-state index in [0.29, 0.717) is 12.1 Å². The third kappa shape index (κ3) is 6.96. The molecule has 9 heteroatoms. The smallest absolute Gasteiger partial charge is 0.422 e. The van der Waals surface area contributed by atoms with Crippen LogP contribution >= 0.6 is 0 Å². The van der Waals surface area contributed by atoms with Crippen LogP contribution in [-0.4, -0.2) is 30.3 Å². The Bertz CT molecular complexity index is 721. The third-order valence-corrected chi connectivity index (χ3v) is 3.05. The highest BCUT2D eigenvalue weighted by molar-refractivity contribution is 5.90. The first-order chi connectivity index (χ1) is 12.3. The fraction of sp³-hybridized carbons (Fsp3) is 0.294. The zero-order chi connectivity index (χ0) is 19.0. The topological polar surface area (TPSA) is 60.5 Å². The average molecular weight is 372 g/mol. The number of nitrogens with zero attached hydrogens (tertiary/aromatic N) is 1. The number of halogens is 4. The molecule has 26 heavy (non-hydrogen) atoms. The lowest BCUT2D eigenvalue weighted by Crippen LogP contribution is -2.19. The Kier molecular flexibility index (Phi) is 6.76. The lowest BCUT2D eigenvalue weighted by molar-refractivity contribution is -0.154. The number of para-hydroxylation sites is 1. The monoisotopic (exact) mass is 372 g/mol. The Hall–Kier alpha value is -2.84. The number of carbonyl (C=O) groups excluding carboxylic acids is 1. The molecule has 1 aromatic carbocycles. The van der Waals surface area contributed by atoms with Gasteiger partial charge in [-0.2, -0.15) is 13.2 Å². The van der Waals surface area contributed by atoms with Crippen molar-refractivity contribution in [1.29, 1.82) is 0 Å². The molecule has 0 unspecified atom stereocenters. The number of nitrogens with one attached hydrogen (secondary N) is 1. The van der Waals surface area contributed by atoms with Gasteiger partial charge >= 0.3 is 6.18 Å². The minimum absolute atomic E-state index is 0.117. The number of anilines is 1. The highest BCUT2D eigenvalue weighted by atomic mass is 19.4. The standard InChI is InChI=1S/C17H16F4N2O3/c18-13-4-1-2-5-14(13)25-9-3-6-15(24)23-12-7-8-16(22-10-12)26-11-17(19,20)21/h1-2,4-5,7-8,10H,3,6,9,11H2,(H,23,24). The van der Waals surface area contributed by atoms with Crippen LogP contribution in [0.15, 0.2) is 42.6 Å². The summed E-state index contributed by atoms with van der Waals surface area (Å²) in [5.74, 6) is -0.881. The average Bonchev–Trinajstić information content (AvgIpc) is 2.59. The molecule has 0 radical (unpaired) electrons. The molecule has 0 aliphatic heterocycles. The summed E-state index contributed by atoms with van der Waals surface area (Å²) in [4.78, 5) is 15.5. The molecule has 1 aromatic heterocycles. The van der Waals surface area contributed by atoms with Gasteiger partial charge in [-0.15, -0.1) is 0 Å². The van der Waals surface area contributed by atoms with Crippen molar-refractivity contribution in [2.24, 2.45) is 0 Å². The predicted molar refractivity (Wildman–Crippen MR) is 85.5 cm³/mol. The van der Waals surface area contributed by atoms with Crippen LogP contribution < -0.4 is 14.8 Å². The Balaban J connectivity index is 1.70. The van der Waals surface area contributed by atoms with Crippen LogP contribution in [0.1, 0.15) is 12.8 Å². The van der Waals surface area contributed by atoms with Crippen molar-refractivity contribution >= 4 is 11.6 Å². The van der Waals surface area contributed by atoms with E-state index in [1.807, 2.05) is 0 Å². The number of carbonyl (C=O) groups is 1. The third-order valence-electron chi connectivity index (χ3n) is 3.05. The SMILES string of the molecule is O=C(CCCOc1ccccc1F)Nc1ccc(OCC(F)(F)F)nc1. The van der Waals surface area contributed by atoms with Crippen molar-refractivity contribution in [3.63, 3.8) is 0 Å². The summed E-state index contributed by atoms with van der Waals surface area (Å²) in [5.41, 5.74) is 0.324. The van der Waals surface area contributed by atoms with Gasteiger partial charge in [-0.3, -0.25) is 4.79 Å². The van der Waals surface area contributed by atoms with Crippen molar-refractivity contribution in [3.8, 4) is 11.6 Å². The normalized spacial score (nSPS) is 11.1. The number of benzene rings is 1. The number of alkyl halides is 3. The number of aromatic nitrogens is 1. The van der Waals surface area contributed by atoms with Crippen LogP contribution in [0.2, 0.25) is 0 Å². The molecular formula is C17H16F4N2O3. The molecule has 1 amide bonds. The van der Waals surface area contributed by atoms with Gasteiger partial charge in [0.1, 0.15) is 0 Å². The van der Waals surface area contributed by atoms with Gasteiger partial charge in [0.15, 0.2) is 18.2 Å². The molecule has 1 N–H and O–H groups in total. The maximum absolute atomic E-state index is 13.3. The Labute approximate surface area is 146 Å². The largest absolute Gasteiger partial charge is 0.491 e. The number of hydrogen-bond donors (Lipinski definition) is 1. The quantitative estimate of drug-likeness (QED) is 0.563. The second-order valence-corrected chi connectivity index (χ2v) is 5.22. The summed E-state index contributed by atoms with van der Waals surface area (Å²) >= 11 is 0.